The van der Waals surface area contributed by atoms with Gasteiger partial charge >= 0.3 is 0 Å². The molecule has 1 aliphatic heterocycles. The lowest BCUT2D eigenvalue weighted by Gasteiger charge is -2.28. The zero-order valence-electron chi connectivity index (χ0n) is 14.0. The van der Waals surface area contributed by atoms with Gasteiger partial charge < -0.3 is 15.1 Å². The van der Waals surface area contributed by atoms with Gasteiger partial charge in [-0.25, -0.2) is 4.68 Å². The molecule has 1 saturated heterocycles. The Kier molecular flexibility index (Phi) is 4.57. The Morgan fingerprint density at radius 1 is 1.29 bits per heavy atom. The van der Waals surface area contributed by atoms with Crippen molar-refractivity contribution in [3.8, 4) is 11.4 Å². The average Bonchev–Trinajstić information content (AvgIpc) is 2.97. The van der Waals surface area contributed by atoms with Crippen LogP contribution in [0.25, 0.3) is 5.69 Å². The number of aliphatic hydroxyl groups excluding tert-OH is 1. The first-order valence-corrected chi connectivity index (χ1v) is 8.32. The van der Waals surface area contributed by atoms with Gasteiger partial charge in [0.15, 0.2) is 11.4 Å². The van der Waals surface area contributed by atoms with Crippen molar-refractivity contribution in [1.29, 1.82) is 0 Å². The van der Waals surface area contributed by atoms with Crippen molar-refractivity contribution in [2.45, 2.75) is 38.7 Å². The van der Waals surface area contributed by atoms with Gasteiger partial charge in [0.25, 0.3) is 5.91 Å². The summed E-state index contributed by atoms with van der Waals surface area (Å²) in [5, 5.41) is 24.0. The predicted molar refractivity (Wildman–Crippen MR) is 90.5 cm³/mol. The minimum absolute atomic E-state index is 0.0568. The number of rotatable bonds is 3. The molecule has 1 aromatic heterocycles. The fraction of sp³-hybridized carbons (Fsp3) is 0.444. The quantitative estimate of drug-likeness (QED) is 0.906. The van der Waals surface area contributed by atoms with E-state index in [1.165, 1.54) is 16.4 Å². The van der Waals surface area contributed by atoms with E-state index in [-0.39, 0.29) is 23.5 Å². The molecule has 3 rings (SSSR count). The third-order valence-corrected chi connectivity index (χ3v) is 4.45. The highest BCUT2D eigenvalue weighted by molar-refractivity contribution is 5.94. The molecular weight excluding hydrogens is 306 g/mol. The number of aromatic nitrogens is 2. The second-order valence-electron chi connectivity index (χ2n) is 6.58. The number of aromatic hydroxyl groups is 1. The molecule has 24 heavy (non-hydrogen) atoms. The van der Waals surface area contributed by atoms with E-state index in [1.807, 2.05) is 24.3 Å². The van der Waals surface area contributed by atoms with Crippen molar-refractivity contribution < 1.29 is 15.0 Å². The lowest BCUT2D eigenvalue weighted by molar-refractivity contribution is 0.0539. The first kappa shape index (κ1) is 16.5. The molecular formula is C18H23N3O3. The Morgan fingerprint density at radius 3 is 2.67 bits per heavy atom. The molecule has 6 heteroatoms. The zero-order valence-corrected chi connectivity index (χ0v) is 14.0. The smallest absolute Gasteiger partial charge is 0.278 e. The maximum Gasteiger partial charge on any atom is 0.278 e. The number of amides is 1. The van der Waals surface area contributed by atoms with E-state index >= 15 is 0 Å². The number of likely N-dealkylation sites (tertiary alicyclic amines) is 1. The molecule has 0 atom stereocenters. The third kappa shape index (κ3) is 3.28. The number of benzene rings is 1. The molecule has 1 amide bonds. The molecule has 0 spiro atoms. The third-order valence-electron chi connectivity index (χ3n) is 4.45. The molecule has 6 nitrogen and oxygen atoms in total. The number of aliphatic hydroxyl groups is 1. The van der Waals surface area contributed by atoms with Crippen molar-refractivity contribution in [3.05, 3.63) is 41.7 Å². The first-order valence-electron chi connectivity index (χ1n) is 8.32. The second-order valence-corrected chi connectivity index (χ2v) is 6.58. The number of nitrogens with zero attached hydrogens (tertiary/aromatic N) is 3. The predicted octanol–water partition coefficient (Wildman–Crippen LogP) is 2.30. The van der Waals surface area contributed by atoms with Gasteiger partial charge in [0, 0.05) is 13.1 Å². The van der Waals surface area contributed by atoms with Crippen molar-refractivity contribution in [2.24, 2.45) is 0 Å². The van der Waals surface area contributed by atoms with Crippen molar-refractivity contribution in [2.75, 3.05) is 13.1 Å². The average molecular weight is 329 g/mol. The summed E-state index contributed by atoms with van der Waals surface area (Å²) in [4.78, 5) is 14.2. The van der Waals surface area contributed by atoms with Gasteiger partial charge in [-0.15, -0.1) is 0 Å². The monoisotopic (exact) mass is 329 g/mol. The molecule has 128 valence electrons. The topological polar surface area (TPSA) is 78.6 Å². The van der Waals surface area contributed by atoms with Crippen LogP contribution in [-0.2, 0) is 0 Å². The van der Waals surface area contributed by atoms with Gasteiger partial charge in [-0.1, -0.05) is 26.0 Å². The standard InChI is InChI=1S/C18H23N3O3/c1-12(2)13-4-3-5-14(10-13)21-11-16(23)17(19-21)18(24)20-8-6-15(22)7-9-20/h3-5,10-12,15,22-23H,6-9H2,1-2H3. The van der Waals surface area contributed by atoms with Gasteiger partial charge in [0.05, 0.1) is 18.0 Å². The highest BCUT2D eigenvalue weighted by atomic mass is 16.3. The van der Waals surface area contributed by atoms with Crippen LogP contribution in [0.4, 0.5) is 0 Å². The summed E-state index contributed by atoms with van der Waals surface area (Å²) in [6.07, 6.45) is 2.23. The van der Waals surface area contributed by atoms with Crippen LogP contribution >= 0.6 is 0 Å². The number of hydrogen-bond donors (Lipinski definition) is 2. The van der Waals surface area contributed by atoms with Crippen molar-refractivity contribution >= 4 is 5.91 Å². The lowest BCUT2D eigenvalue weighted by atomic mass is 10.0. The SMILES string of the molecule is CC(C)c1cccc(-n2cc(O)c(C(=O)N3CCC(O)CC3)n2)c1. The van der Waals surface area contributed by atoms with E-state index in [9.17, 15) is 15.0 Å². The van der Waals surface area contributed by atoms with Crippen LogP contribution < -0.4 is 0 Å². The molecule has 0 aliphatic carbocycles. The number of piperidine rings is 1. The van der Waals surface area contributed by atoms with Gasteiger partial charge in [0.2, 0.25) is 0 Å². The first-order chi connectivity index (χ1) is 11.5. The molecule has 0 saturated carbocycles. The molecule has 2 N–H and O–H groups in total. The Balaban J connectivity index is 1.85. The van der Waals surface area contributed by atoms with E-state index in [1.54, 1.807) is 4.90 Å². The highest BCUT2D eigenvalue weighted by Crippen LogP contribution is 2.23. The van der Waals surface area contributed by atoms with E-state index in [0.29, 0.717) is 31.8 Å². The molecule has 1 fully saturated rings. The van der Waals surface area contributed by atoms with Crippen LogP contribution in [0.3, 0.4) is 0 Å². The Bertz CT molecular complexity index is 731. The minimum atomic E-state index is -0.348. The zero-order chi connectivity index (χ0) is 17.3. The Morgan fingerprint density at radius 2 is 2.00 bits per heavy atom. The van der Waals surface area contributed by atoms with Crippen LogP contribution in [0.2, 0.25) is 0 Å². The van der Waals surface area contributed by atoms with Gasteiger partial charge in [-0.2, -0.15) is 5.10 Å². The Hall–Kier alpha value is -2.34. The van der Waals surface area contributed by atoms with Crippen LogP contribution in [0.1, 0.15) is 48.7 Å². The summed E-state index contributed by atoms with van der Waals surface area (Å²) < 4.78 is 1.53. The molecule has 0 unspecified atom stereocenters. The Labute approximate surface area is 141 Å². The van der Waals surface area contributed by atoms with Crippen molar-refractivity contribution in [3.63, 3.8) is 0 Å². The molecule has 1 aliphatic rings. The normalized spacial score (nSPS) is 15.9. The summed E-state index contributed by atoms with van der Waals surface area (Å²) >= 11 is 0. The highest BCUT2D eigenvalue weighted by Gasteiger charge is 2.26. The second kappa shape index (κ2) is 6.65. The van der Waals surface area contributed by atoms with Crippen LogP contribution in [0.15, 0.2) is 30.5 Å². The summed E-state index contributed by atoms with van der Waals surface area (Å²) in [5.74, 6) is -0.0331. The summed E-state index contributed by atoms with van der Waals surface area (Å²) in [6, 6.07) is 7.88. The number of carbonyl (C=O) groups excluding carboxylic acids is 1. The maximum absolute atomic E-state index is 12.6. The molecule has 0 radical (unpaired) electrons. The fourth-order valence-electron chi connectivity index (χ4n) is 2.89. The van der Waals surface area contributed by atoms with Gasteiger partial charge in [0.1, 0.15) is 0 Å². The summed E-state index contributed by atoms with van der Waals surface area (Å²) in [5.41, 5.74) is 2.03. The van der Waals surface area contributed by atoms with Crippen LogP contribution in [0, 0.1) is 0 Å². The summed E-state index contributed by atoms with van der Waals surface area (Å²) in [6.45, 7) is 5.18. The van der Waals surface area contributed by atoms with E-state index in [4.69, 9.17) is 0 Å². The van der Waals surface area contributed by atoms with E-state index in [2.05, 4.69) is 18.9 Å². The number of hydrogen-bond acceptors (Lipinski definition) is 4. The number of carbonyl (C=O) groups is 1. The van der Waals surface area contributed by atoms with Gasteiger partial charge in [-0.3, -0.25) is 4.79 Å². The van der Waals surface area contributed by atoms with E-state index in [0.717, 1.165) is 5.69 Å². The molecule has 2 aromatic rings. The van der Waals surface area contributed by atoms with E-state index < -0.39 is 0 Å². The largest absolute Gasteiger partial charge is 0.504 e. The van der Waals surface area contributed by atoms with Gasteiger partial charge in [-0.05, 0) is 36.5 Å². The van der Waals surface area contributed by atoms with Crippen molar-refractivity contribution in [1.82, 2.24) is 14.7 Å². The molecule has 0 bridgehead atoms. The minimum Gasteiger partial charge on any atom is -0.504 e. The maximum atomic E-state index is 12.6. The van der Waals surface area contributed by atoms with Crippen LogP contribution in [-0.4, -0.2) is 50.0 Å². The fourth-order valence-corrected chi connectivity index (χ4v) is 2.89. The molecule has 2 heterocycles. The summed E-state index contributed by atoms with van der Waals surface area (Å²) in [7, 11) is 0. The lowest BCUT2D eigenvalue weighted by Crippen LogP contribution is -2.40. The van der Waals surface area contributed by atoms with Crippen LogP contribution in [0.5, 0.6) is 5.75 Å². The molecule has 1 aromatic carbocycles.